The van der Waals surface area contributed by atoms with Crippen LogP contribution in [0.1, 0.15) is 12.0 Å². The average molecular weight is 384 g/mol. The van der Waals surface area contributed by atoms with Gasteiger partial charge in [-0.2, -0.15) is 0 Å². The molecule has 0 bridgehead atoms. The topological polar surface area (TPSA) is 77.1 Å². The second-order valence-electron chi connectivity index (χ2n) is 6.49. The molecule has 2 aromatic rings. The van der Waals surface area contributed by atoms with Gasteiger partial charge in [0.2, 0.25) is 17.6 Å². The summed E-state index contributed by atoms with van der Waals surface area (Å²) < 4.78 is 16.0. The highest BCUT2D eigenvalue weighted by Crippen LogP contribution is 2.38. The Morgan fingerprint density at radius 1 is 1.07 bits per heavy atom. The summed E-state index contributed by atoms with van der Waals surface area (Å²) in [7, 11) is 4.63. The van der Waals surface area contributed by atoms with Crippen LogP contribution in [-0.4, -0.2) is 39.7 Å². The van der Waals surface area contributed by atoms with Gasteiger partial charge in [-0.3, -0.25) is 9.59 Å². The molecular formula is C21H24N2O5. The lowest BCUT2D eigenvalue weighted by molar-refractivity contribution is -0.126. The van der Waals surface area contributed by atoms with Gasteiger partial charge in [0.1, 0.15) is 0 Å². The highest BCUT2D eigenvalue weighted by molar-refractivity contribution is 6.00. The number of amides is 2. The second-order valence-corrected chi connectivity index (χ2v) is 6.49. The minimum atomic E-state index is -0.380. The zero-order valence-corrected chi connectivity index (χ0v) is 16.2. The first-order valence-electron chi connectivity index (χ1n) is 8.99. The third-order valence-electron chi connectivity index (χ3n) is 4.75. The van der Waals surface area contributed by atoms with Crippen molar-refractivity contribution in [3.8, 4) is 17.2 Å². The van der Waals surface area contributed by atoms with Gasteiger partial charge in [0.25, 0.3) is 0 Å². The van der Waals surface area contributed by atoms with Gasteiger partial charge >= 0.3 is 0 Å². The van der Waals surface area contributed by atoms with Gasteiger partial charge in [0.05, 0.1) is 27.2 Å². The van der Waals surface area contributed by atoms with E-state index in [1.165, 1.54) is 7.11 Å². The van der Waals surface area contributed by atoms with E-state index in [0.29, 0.717) is 30.3 Å². The van der Waals surface area contributed by atoms with Crippen LogP contribution in [0.4, 0.5) is 5.69 Å². The van der Waals surface area contributed by atoms with Crippen molar-refractivity contribution in [3.63, 3.8) is 0 Å². The molecule has 1 aliphatic heterocycles. The van der Waals surface area contributed by atoms with Crippen LogP contribution < -0.4 is 24.4 Å². The second kappa shape index (κ2) is 8.65. The van der Waals surface area contributed by atoms with Crippen LogP contribution in [0.25, 0.3) is 0 Å². The summed E-state index contributed by atoms with van der Waals surface area (Å²) in [4.78, 5) is 26.6. The van der Waals surface area contributed by atoms with Gasteiger partial charge in [-0.05, 0) is 29.8 Å². The quantitative estimate of drug-likeness (QED) is 0.793. The lowest BCUT2D eigenvalue weighted by Crippen LogP contribution is -2.32. The van der Waals surface area contributed by atoms with Crippen LogP contribution in [0.3, 0.4) is 0 Å². The SMILES string of the molecule is COc1cc(CNC(=O)C2CC(=O)N(c3ccccc3)C2)cc(OC)c1OC. The van der Waals surface area contributed by atoms with Crippen LogP contribution in [0.2, 0.25) is 0 Å². The van der Waals surface area contributed by atoms with Crippen LogP contribution in [0, 0.1) is 5.92 Å². The Labute approximate surface area is 164 Å². The van der Waals surface area contributed by atoms with Crippen molar-refractivity contribution in [1.29, 1.82) is 0 Å². The van der Waals surface area contributed by atoms with Crippen LogP contribution in [0.5, 0.6) is 17.2 Å². The van der Waals surface area contributed by atoms with Crippen molar-refractivity contribution in [3.05, 3.63) is 48.0 Å². The number of rotatable bonds is 7. The molecule has 1 atom stereocenters. The molecule has 28 heavy (non-hydrogen) atoms. The Kier molecular flexibility index (Phi) is 6.03. The van der Waals surface area contributed by atoms with E-state index in [-0.39, 0.29) is 24.2 Å². The smallest absolute Gasteiger partial charge is 0.227 e. The van der Waals surface area contributed by atoms with Crippen LogP contribution >= 0.6 is 0 Å². The molecule has 1 heterocycles. The largest absolute Gasteiger partial charge is 0.493 e. The highest BCUT2D eigenvalue weighted by Gasteiger charge is 2.34. The molecule has 0 aromatic heterocycles. The summed E-state index contributed by atoms with van der Waals surface area (Å²) in [5, 5.41) is 2.90. The predicted molar refractivity (Wildman–Crippen MR) is 105 cm³/mol. The van der Waals surface area contributed by atoms with Gasteiger partial charge in [-0.25, -0.2) is 0 Å². The molecule has 0 spiro atoms. The molecule has 1 saturated heterocycles. The molecule has 1 unspecified atom stereocenters. The van der Waals surface area contributed by atoms with Gasteiger partial charge in [-0.15, -0.1) is 0 Å². The maximum atomic E-state index is 12.6. The first kappa shape index (κ1) is 19.5. The summed E-state index contributed by atoms with van der Waals surface area (Å²) in [6, 6.07) is 13.0. The van der Waals surface area contributed by atoms with E-state index < -0.39 is 0 Å². The van der Waals surface area contributed by atoms with Crippen molar-refractivity contribution in [2.45, 2.75) is 13.0 Å². The number of anilines is 1. The van der Waals surface area contributed by atoms with Crippen molar-refractivity contribution < 1.29 is 23.8 Å². The summed E-state index contributed by atoms with van der Waals surface area (Å²) in [6.45, 7) is 0.676. The van der Waals surface area contributed by atoms with Crippen molar-refractivity contribution in [2.24, 2.45) is 5.92 Å². The third kappa shape index (κ3) is 4.03. The first-order chi connectivity index (χ1) is 13.6. The number of methoxy groups -OCH3 is 3. The van der Waals surface area contributed by atoms with Crippen LogP contribution in [0.15, 0.2) is 42.5 Å². The fourth-order valence-corrected chi connectivity index (χ4v) is 3.31. The lowest BCUT2D eigenvalue weighted by atomic mass is 10.1. The molecule has 0 aliphatic carbocycles. The number of benzene rings is 2. The standard InChI is InChI=1S/C21H24N2O5/c1-26-17-9-14(10-18(27-2)20(17)28-3)12-22-21(25)15-11-19(24)23(13-15)16-7-5-4-6-8-16/h4-10,15H,11-13H2,1-3H3,(H,22,25). The van der Waals surface area contributed by atoms with Gasteiger partial charge in [0, 0.05) is 25.2 Å². The lowest BCUT2D eigenvalue weighted by Gasteiger charge is -2.17. The minimum Gasteiger partial charge on any atom is -0.493 e. The van der Waals surface area contributed by atoms with Gasteiger partial charge in [-0.1, -0.05) is 18.2 Å². The number of hydrogen-bond acceptors (Lipinski definition) is 5. The molecule has 1 fully saturated rings. The molecule has 2 amide bonds. The van der Waals surface area contributed by atoms with Gasteiger partial charge < -0.3 is 24.4 Å². The van der Waals surface area contributed by atoms with E-state index in [9.17, 15) is 9.59 Å². The molecule has 1 aliphatic rings. The molecule has 148 valence electrons. The molecule has 3 rings (SSSR count). The van der Waals surface area contributed by atoms with E-state index in [1.54, 1.807) is 31.3 Å². The Morgan fingerprint density at radius 2 is 1.71 bits per heavy atom. The van der Waals surface area contributed by atoms with E-state index in [2.05, 4.69) is 5.32 Å². The predicted octanol–water partition coefficient (Wildman–Crippen LogP) is 2.38. The Bertz CT molecular complexity index is 828. The molecule has 1 N–H and O–H groups in total. The Balaban J connectivity index is 1.65. The van der Waals surface area contributed by atoms with Crippen molar-refractivity contribution >= 4 is 17.5 Å². The molecule has 0 saturated carbocycles. The number of nitrogens with zero attached hydrogens (tertiary/aromatic N) is 1. The number of carbonyl (C=O) groups excluding carboxylic acids is 2. The summed E-state index contributed by atoms with van der Waals surface area (Å²) in [5.74, 6) is 0.976. The zero-order valence-electron chi connectivity index (χ0n) is 16.2. The van der Waals surface area contributed by atoms with E-state index in [0.717, 1.165) is 11.3 Å². The fourth-order valence-electron chi connectivity index (χ4n) is 3.31. The van der Waals surface area contributed by atoms with E-state index >= 15 is 0 Å². The normalized spacial score (nSPS) is 16.0. The molecule has 0 radical (unpaired) electrons. The fraction of sp³-hybridized carbons (Fsp3) is 0.333. The maximum Gasteiger partial charge on any atom is 0.227 e. The maximum absolute atomic E-state index is 12.6. The van der Waals surface area contributed by atoms with Crippen molar-refractivity contribution in [1.82, 2.24) is 5.32 Å². The average Bonchev–Trinajstić information content (AvgIpc) is 3.13. The first-order valence-corrected chi connectivity index (χ1v) is 8.99. The molecule has 2 aromatic carbocycles. The summed E-state index contributed by atoms with van der Waals surface area (Å²) >= 11 is 0. The number of carbonyl (C=O) groups is 2. The molecule has 7 heteroatoms. The van der Waals surface area contributed by atoms with Crippen molar-refractivity contribution in [2.75, 3.05) is 32.8 Å². The number of para-hydroxylation sites is 1. The number of ether oxygens (including phenoxy) is 3. The molecular weight excluding hydrogens is 360 g/mol. The van der Waals surface area contributed by atoms with Gasteiger partial charge in [0.15, 0.2) is 11.5 Å². The Morgan fingerprint density at radius 3 is 2.29 bits per heavy atom. The minimum absolute atomic E-state index is 0.0425. The van der Waals surface area contributed by atoms with E-state index in [1.807, 2.05) is 30.3 Å². The summed E-state index contributed by atoms with van der Waals surface area (Å²) in [6.07, 6.45) is 0.204. The van der Waals surface area contributed by atoms with Crippen LogP contribution in [-0.2, 0) is 16.1 Å². The number of nitrogens with one attached hydrogen (secondary N) is 1. The zero-order chi connectivity index (χ0) is 20.1. The summed E-state index contributed by atoms with van der Waals surface area (Å²) in [5.41, 5.74) is 1.62. The molecule has 7 nitrogen and oxygen atoms in total. The monoisotopic (exact) mass is 384 g/mol. The Hall–Kier alpha value is -3.22. The number of hydrogen-bond donors (Lipinski definition) is 1. The van der Waals surface area contributed by atoms with E-state index in [4.69, 9.17) is 14.2 Å². The highest BCUT2D eigenvalue weighted by atomic mass is 16.5. The third-order valence-corrected chi connectivity index (χ3v) is 4.75.